The zero-order valence-corrected chi connectivity index (χ0v) is 15.1. The summed E-state index contributed by atoms with van der Waals surface area (Å²) in [6.45, 7) is 14.0. The van der Waals surface area contributed by atoms with Gasteiger partial charge in [0.25, 0.3) is 0 Å². The summed E-state index contributed by atoms with van der Waals surface area (Å²) in [7, 11) is 2.21. The lowest BCUT2D eigenvalue weighted by molar-refractivity contribution is -0.0608. The molecule has 0 aliphatic carbocycles. The topological polar surface area (TPSA) is 24.5 Å². The fourth-order valence-electron chi connectivity index (χ4n) is 2.70. The Bertz CT molecular complexity index is 450. The average molecular weight is 311 g/mol. The molecule has 2 atom stereocenters. The Balaban J connectivity index is 2.17. The van der Waals surface area contributed by atoms with Gasteiger partial charge in [0.2, 0.25) is 0 Å². The Labute approximate surface area is 133 Å². The van der Waals surface area contributed by atoms with Gasteiger partial charge < -0.3 is 10.1 Å². The van der Waals surface area contributed by atoms with Crippen molar-refractivity contribution in [2.75, 3.05) is 26.7 Å². The Morgan fingerprint density at radius 2 is 2.10 bits per heavy atom. The van der Waals surface area contributed by atoms with Gasteiger partial charge in [-0.05, 0) is 24.6 Å². The number of thiophene rings is 1. The van der Waals surface area contributed by atoms with E-state index in [4.69, 9.17) is 4.74 Å². The van der Waals surface area contributed by atoms with Gasteiger partial charge in [-0.25, -0.2) is 0 Å². The van der Waals surface area contributed by atoms with Gasteiger partial charge in [-0.2, -0.15) is 0 Å². The lowest BCUT2D eigenvalue weighted by Crippen LogP contribution is -2.48. The van der Waals surface area contributed by atoms with Crippen molar-refractivity contribution in [3.05, 3.63) is 21.9 Å². The van der Waals surface area contributed by atoms with E-state index in [1.807, 2.05) is 11.3 Å². The highest BCUT2D eigenvalue weighted by atomic mass is 32.1. The molecule has 1 aromatic rings. The lowest BCUT2D eigenvalue weighted by Gasteiger charge is -2.39. The molecule has 2 unspecified atom stereocenters. The highest BCUT2D eigenvalue weighted by molar-refractivity contribution is 7.12. The normalized spacial score (nSPS) is 24.7. The first kappa shape index (κ1) is 16.9. The molecule has 0 radical (unpaired) electrons. The SMILES string of the molecule is CC(C)NCC1OCCN(C)C1c1ccc(C(C)(C)C)s1. The van der Waals surface area contributed by atoms with E-state index in [1.165, 1.54) is 9.75 Å². The largest absolute Gasteiger partial charge is 0.374 e. The van der Waals surface area contributed by atoms with Gasteiger partial charge in [0.15, 0.2) is 0 Å². The maximum atomic E-state index is 6.06. The van der Waals surface area contributed by atoms with Crippen molar-refractivity contribution in [3.8, 4) is 0 Å². The predicted octanol–water partition coefficient (Wildman–Crippen LogP) is 3.42. The molecule has 0 spiro atoms. The van der Waals surface area contributed by atoms with Gasteiger partial charge in [-0.3, -0.25) is 4.90 Å². The van der Waals surface area contributed by atoms with Crippen LogP contribution in [-0.2, 0) is 10.2 Å². The number of likely N-dealkylation sites (N-methyl/N-ethyl adjacent to an activating group) is 1. The monoisotopic (exact) mass is 310 g/mol. The summed E-state index contributed by atoms with van der Waals surface area (Å²) < 4.78 is 6.06. The third-order valence-electron chi connectivity index (χ3n) is 3.99. The van der Waals surface area contributed by atoms with E-state index in [0.717, 1.165) is 19.7 Å². The standard InChI is InChI=1S/C17H30N2OS/c1-12(2)18-11-13-16(19(6)9-10-20-13)14-7-8-15(21-14)17(3,4)5/h7-8,12-13,16,18H,9-11H2,1-6H3. The molecule has 1 N–H and O–H groups in total. The number of nitrogens with zero attached hydrogens (tertiary/aromatic N) is 1. The number of rotatable bonds is 4. The van der Waals surface area contributed by atoms with Gasteiger partial charge in [0.1, 0.15) is 0 Å². The smallest absolute Gasteiger partial charge is 0.0904 e. The fourth-order valence-corrected chi connectivity index (χ4v) is 3.98. The molecule has 4 heteroatoms. The average Bonchev–Trinajstić information content (AvgIpc) is 2.85. The fraction of sp³-hybridized carbons (Fsp3) is 0.765. The van der Waals surface area contributed by atoms with E-state index >= 15 is 0 Å². The maximum Gasteiger partial charge on any atom is 0.0904 e. The van der Waals surface area contributed by atoms with Crippen LogP contribution in [0, 0.1) is 0 Å². The molecule has 1 saturated heterocycles. The predicted molar refractivity (Wildman–Crippen MR) is 91.3 cm³/mol. The Morgan fingerprint density at radius 3 is 2.67 bits per heavy atom. The molecule has 1 aromatic heterocycles. The van der Waals surface area contributed by atoms with Crippen LogP contribution < -0.4 is 5.32 Å². The van der Waals surface area contributed by atoms with Crippen molar-refractivity contribution in [3.63, 3.8) is 0 Å². The first-order valence-electron chi connectivity index (χ1n) is 7.94. The molecule has 1 fully saturated rings. The molecule has 0 amide bonds. The molecule has 1 aliphatic rings. The second kappa shape index (κ2) is 6.78. The van der Waals surface area contributed by atoms with E-state index in [1.54, 1.807) is 0 Å². The maximum absolute atomic E-state index is 6.06. The van der Waals surface area contributed by atoms with Crippen LogP contribution in [-0.4, -0.2) is 43.8 Å². The van der Waals surface area contributed by atoms with E-state index in [-0.39, 0.29) is 11.5 Å². The molecule has 3 nitrogen and oxygen atoms in total. The molecule has 0 aromatic carbocycles. The number of hydrogen-bond acceptors (Lipinski definition) is 4. The van der Waals surface area contributed by atoms with E-state index in [2.05, 4.69) is 64.0 Å². The van der Waals surface area contributed by atoms with Crippen LogP contribution >= 0.6 is 11.3 Å². The van der Waals surface area contributed by atoms with Crippen LogP contribution in [0.5, 0.6) is 0 Å². The summed E-state index contributed by atoms with van der Waals surface area (Å²) in [5.41, 5.74) is 0.225. The molecule has 120 valence electrons. The van der Waals surface area contributed by atoms with E-state index in [9.17, 15) is 0 Å². The van der Waals surface area contributed by atoms with Crippen LogP contribution in [0.2, 0.25) is 0 Å². The van der Waals surface area contributed by atoms with Crippen LogP contribution in [0.4, 0.5) is 0 Å². The molecule has 1 aliphatic heterocycles. The number of ether oxygens (including phenoxy) is 1. The zero-order valence-electron chi connectivity index (χ0n) is 14.3. The van der Waals surface area contributed by atoms with Crippen molar-refractivity contribution in [1.82, 2.24) is 10.2 Å². The quantitative estimate of drug-likeness (QED) is 0.922. The second-order valence-electron chi connectivity index (χ2n) is 7.35. The third kappa shape index (κ3) is 4.28. The summed E-state index contributed by atoms with van der Waals surface area (Å²) in [6.07, 6.45) is 0.234. The van der Waals surface area contributed by atoms with Gasteiger partial charge >= 0.3 is 0 Å². The highest BCUT2D eigenvalue weighted by Gasteiger charge is 2.33. The first-order valence-corrected chi connectivity index (χ1v) is 8.76. The minimum atomic E-state index is 0.225. The Morgan fingerprint density at radius 1 is 1.38 bits per heavy atom. The summed E-state index contributed by atoms with van der Waals surface area (Å²) >= 11 is 1.94. The van der Waals surface area contributed by atoms with Crippen molar-refractivity contribution in [2.45, 2.75) is 58.2 Å². The minimum absolute atomic E-state index is 0.225. The van der Waals surface area contributed by atoms with Gasteiger partial charge in [0, 0.05) is 28.9 Å². The zero-order chi connectivity index (χ0) is 15.6. The van der Waals surface area contributed by atoms with Gasteiger partial charge in [0.05, 0.1) is 18.8 Å². The Hall–Kier alpha value is -0.420. The molecular weight excluding hydrogens is 280 g/mol. The third-order valence-corrected chi connectivity index (χ3v) is 5.57. The van der Waals surface area contributed by atoms with Crippen LogP contribution in [0.25, 0.3) is 0 Å². The van der Waals surface area contributed by atoms with Crippen molar-refractivity contribution >= 4 is 11.3 Å². The molecule has 2 rings (SSSR count). The molecule has 21 heavy (non-hydrogen) atoms. The number of nitrogens with one attached hydrogen (secondary N) is 1. The van der Waals surface area contributed by atoms with Gasteiger partial charge in [-0.15, -0.1) is 11.3 Å². The summed E-state index contributed by atoms with van der Waals surface area (Å²) in [6, 6.07) is 5.44. The lowest BCUT2D eigenvalue weighted by atomic mass is 9.95. The second-order valence-corrected chi connectivity index (χ2v) is 8.47. The number of hydrogen-bond donors (Lipinski definition) is 1. The van der Waals surface area contributed by atoms with Crippen LogP contribution in [0.1, 0.15) is 50.4 Å². The van der Waals surface area contributed by atoms with Crippen LogP contribution in [0.3, 0.4) is 0 Å². The Kier molecular flexibility index (Phi) is 5.47. The van der Waals surface area contributed by atoms with E-state index < -0.39 is 0 Å². The highest BCUT2D eigenvalue weighted by Crippen LogP contribution is 2.37. The minimum Gasteiger partial charge on any atom is -0.374 e. The summed E-state index contributed by atoms with van der Waals surface area (Å²) in [5.74, 6) is 0. The van der Waals surface area contributed by atoms with Gasteiger partial charge in [-0.1, -0.05) is 34.6 Å². The molecule has 0 saturated carbocycles. The van der Waals surface area contributed by atoms with Crippen molar-refractivity contribution in [2.24, 2.45) is 0 Å². The summed E-state index contributed by atoms with van der Waals surface area (Å²) in [4.78, 5) is 5.32. The van der Waals surface area contributed by atoms with Crippen molar-refractivity contribution < 1.29 is 4.74 Å². The van der Waals surface area contributed by atoms with Crippen LogP contribution in [0.15, 0.2) is 12.1 Å². The number of morpholine rings is 1. The molecule has 2 heterocycles. The van der Waals surface area contributed by atoms with Crippen molar-refractivity contribution in [1.29, 1.82) is 0 Å². The molecule has 0 bridgehead atoms. The summed E-state index contributed by atoms with van der Waals surface area (Å²) in [5, 5.41) is 3.53. The molecular formula is C17H30N2OS. The van der Waals surface area contributed by atoms with E-state index in [0.29, 0.717) is 12.1 Å². The first-order chi connectivity index (χ1) is 9.79.